The molecule has 0 heterocycles. The number of rotatable bonds is 9. The van der Waals surface area contributed by atoms with Crippen LogP contribution < -0.4 is 0 Å². The molecule has 0 spiro atoms. The summed E-state index contributed by atoms with van der Waals surface area (Å²) in [6.07, 6.45) is 0. The molecule has 3 heteroatoms. The van der Waals surface area contributed by atoms with Crippen LogP contribution in [0.3, 0.4) is 0 Å². The zero-order chi connectivity index (χ0) is 28.1. The molecule has 6 aromatic carbocycles. The van der Waals surface area contributed by atoms with Crippen molar-refractivity contribution in [2.75, 3.05) is 0 Å². The Morgan fingerprint density at radius 2 is 0.452 bits per heavy atom. The highest BCUT2D eigenvalue weighted by Gasteiger charge is 2.52. The predicted molar refractivity (Wildman–Crippen MR) is 179 cm³/mol. The summed E-state index contributed by atoms with van der Waals surface area (Å²) < 4.78 is 0. The van der Waals surface area contributed by atoms with Gasteiger partial charge in [0, 0.05) is 29.4 Å². The zero-order valence-electron chi connectivity index (χ0n) is 23.0. The van der Waals surface area contributed by atoms with Crippen LogP contribution in [0.2, 0.25) is 0 Å². The molecule has 6 aromatic rings. The normalized spacial score (nSPS) is 17.6. The molecule has 1 aliphatic carbocycles. The van der Waals surface area contributed by atoms with Crippen molar-refractivity contribution < 1.29 is 0 Å². The Morgan fingerprint density at radius 1 is 0.238 bits per heavy atom. The maximum atomic E-state index is 2.35. The Balaban J connectivity index is 1.13. The van der Waals surface area contributed by atoms with Gasteiger partial charge in [0.1, 0.15) is 0 Å². The second-order valence-electron chi connectivity index (χ2n) is 10.5. The van der Waals surface area contributed by atoms with Crippen molar-refractivity contribution in [2.45, 2.75) is 47.1 Å². The van der Waals surface area contributed by atoms with Gasteiger partial charge in [-0.2, -0.15) is 0 Å². The van der Waals surface area contributed by atoms with Crippen LogP contribution in [-0.2, 0) is 0 Å². The standard InChI is InChI=1S/C39H30S3/c1-4-10-31(11-5-1)40-34-22-16-28(17-23-34)37-38(29-18-24-35(25-19-29)41-32-12-6-2-7-13-32)39(37)30-20-26-36(27-21-30)42-33-14-8-3-9-15-33/h1-27,37-39H. The highest BCUT2D eigenvalue weighted by molar-refractivity contribution is 7.99. The third kappa shape index (κ3) is 6.39. The van der Waals surface area contributed by atoms with Crippen LogP contribution in [0.5, 0.6) is 0 Å². The van der Waals surface area contributed by atoms with E-state index in [9.17, 15) is 0 Å². The fourth-order valence-corrected chi connectivity index (χ4v) is 8.22. The molecule has 1 aliphatic rings. The molecule has 0 nitrogen and oxygen atoms in total. The molecule has 0 saturated heterocycles. The summed E-state index contributed by atoms with van der Waals surface area (Å²) in [6, 6.07) is 59.7. The van der Waals surface area contributed by atoms with Gasteiger partial charge in [-0.25, -0.2) is 0 Å². The molecule has 1 fully saturated rings. The highest BCUT2D eigenvalue weighted by atomic mass is 32.2. The highest BCUT2D eigenvalue weighted by Crippen LogP contribution is 2.66. The van der Waals surface area contributed by atoms with Crippen LogP contribution in [0.15, 0.2) is 193 Å². The molecule has 0 amide bonds. The third-order valence-corrected chi connectivity index (χ3v) is 10.8. The largest absolute Gasteiger partial charge is 0.0901 e. The molecule has 0 aromatic heterocycles. The van der Waals surface area contributed by atoms with E-state index < -0.39 is 0 Å². The van der Waals surface area contributed by atoms with E-state index in [-0.39, 0.29) is 0 Å². The van der Waals surface area contributed by atoms with E-state index in [1.165, 1.54) is 46.1 Å². The van der Waals surface area contributed by atoms with Crippen LogP contribution in [0.4, 0.5) is 0 Å². The Hall–Kier alpha value is -3.63. The van der Waals surface area contributed by atoms with Crippen molar-refractivity contribution in [2.24, 2.45) is 0 Å². The molecule has 0 atom stereocenters. The summed E-state index contributed by atoms with van der Waals surface area (Å²) in [5, 5.41) is 0. The van der Waals surface area contributed by atoms with Crippen LogP contribution in [0, 0.1) is 0 Å². The van der Waals surface area contributed by atoms with Crippen LogP contribution in [-0.4, -0.2) is 0 Å². The Bertz CT molecular complexity index is 1500. The fraction of sp³-hybridized carbons (Fsp3) is 0.0769. The Morgan fingerprint density at radius 3 is 0.690 bits per heavy atom. The summed E-state index contributed by atoms with van der Waals surface area (Å²) >= 11 is 5.47. The maximum absolute atomic E-state index is 2.35. The summed E-state index contributed by atoms with van der Waals surface area (Å²) in [4.78, 5) is 7.66. The third-order valence-electron chi connectivity index (χ3n) is 7.75. The van der Waals surface area contributed by atoms with E-state index in [1.807, 2.05) is 35.3 Å². The van der Waals surface area contributed by atoms with Crippen molar-refractivity contribution in [3.63, 3.8) is 0 Å². The molecule has 0 N–H and O–H groups in total. The van der Waals surface area contributed by atoms with Gasteiger partial charge in [-0.1, -0.05) is 126 Å². The summed E-state index contributed by atoms with van der Waals surface area (Å²) in [5.41, 5.74) is 4.27. The van der Waals surface area contributed by atoms with Gasteiger partial charge in [0.05, 0.1) is 0 Å². The molecule has 0 radical (unpaired) electrons. The van der Waals surface area contributed by atoms with Gasteiger partial charge in [0.15, 0.2) is 0 Å². The second kappa shape index (κ2) is 12.7. The van der Waals surface area contributed by atoms with Crippen molar-refractivity contribution in [3.8, 4) is 0 Å². The van der Waals surface area contributed by atoms with Gasteiger partial charge in [0.2, 0.25) is 0 Å². The maximum Gasteiger partial charge on any atom is 0.0122 e. The Labute approximate surface area is 261 Å². The van der Waals surface area contributed by atoms with Crippen molar-refractivity contribution in [3.05, 3.63) is 180 Å². The van der Waals surface area contributed by atoms with Gasteiger partial charge in [-0.05, 0) is 107 Å². The van der Waals surface area contributed by atoms with E-state index in [0.29, 0.717) is 17.8 Å². The molecule has 204 valence electrons. The zero-order valence-corrected chi connectivity index (χ0v) is 25.5. The predicted octanol–water partition coefficient (Wildman–Crippen LogP) is 11.8. The quantitative estimate of drug-likeness (QED) is 0.163. The molecule has 7 rings (SSSR count). The first-order valence-corrected chi connectivity index (χ1v) is 16.7. The van der Waals surface area contributed by atoms with Crippen molar-refractivity contribution in [1.82, 2.24) is 0 Å². The average Bonchev–Trinajstić information content (AvgIpc) is 3.79. The molecule has 42 heavy (non-hydrogen) atoms. The summed E-state index contributed by atoms with van der Waals surface area (Å²) in [5.74, 6) is 1.42. The van der Waals surface area contributed by atoms with E-state index in [1.54, 1.807) is 0 Å². The first kappa shape index (κ1) is 27.2. The number of benzene rings is 6. The molecule has 0 aliphatic heterocycles. The Kier molecular flexibility index (Phi) is 8.24. The number of hydrogen-bond acceptors (Lipinski definition) is 3. The van der Waals surface area contributed by atoms with Crippen LogP contribution in [0.25, 0.3) is 0 Å². The first-order valence-electron chi connectivity index (χ1n) is 14.3. The monoisotopic (exact) mass is 594 g/mol. The SMILES string of the molecule is c1ccc(Sc2ccc(C3C(c4ccc(Sc5ccccc5)cc4)C3c3ccc(Sc4ccccc4)cc3)cc2)cc1. The lowest BCUT2D eigenvalue weighted by Gasteiger charge is -2.06. The van der Waals surface area contributed by atoms with E-state index in [2.05, 4.69) is 164 Å². The topological polar surface area (TPSA) is 0 Å². The molecular weight excluding hydrogens is 565 g/mol. The molecule has 1 saturated carbocycles. The van der Waals surface area contributed by atoms with Gasteiger partial charge >= 0.3 is 0 Å². The van der Waals surface area contributed by atoms with Crippen LogP contribution in [0.1, 0.15) is 34.4 Å². The van der Waals surface area contributed by atoms with Crippen molar-refractivity contribution >= 4 is 35.3 Å². The molecular formula is C39H30S3. The summed E-state index contributed by atoms with van der Waals surface area (Å²) in [6.45, 7) is 0. The van der Waals surface area contributed by atoms with Crippen molar-refractivity contribution in [1.29, 1.82) is 0 Å². The number of hydrogen-bond donors (Lipinski definition) is 0. The minimum absolute atomic E-state index is 0.473. The summed E-state index contributed by atoms with van der Waals surface area (Å²) in [7, 11) is 0. The van der Waals surface area contributed by atoms with Gasteiger partial charge in [0.25, 0.3) is 0 Å². The minimum atomic E-state index is 0.473. The van der Waals surface area contributed by atoms with Gasteiger partial charge in [-0.3, -0.25) is 0 Å². The second-order valence-corrected chi connectivity index (χ2v) is 14.0. The van der Waals surface area contributed by atoms with Crippen LogP contribution >= 0.6 is 35.3 Å². The fourth-order valence-electron chi connectivity index (χ4n) is 5.70. The molecule has 0 bridgehead atoms. The van der Waals surface area contributed by atoms with E-state index in [4.69, 9.17) is 0 Å². The lowest BCUT2D eigenvalue weighted by molar-refractivity contribution is 1.02. The first-order chi connectivity index (χ1) is 20.8. The van der Waals surface area contributed by atoms with E-state index in [0.717, 1.165) is 0 Å². The van der Waals surface area contributed by atoms with Gasteiger partial charge in [-0.15, -0.1) is 0 Å². The van der Waals surface area contributed by atoms with Gasteiger partial charge < -0.3 is 0 Å². The average molecular weight is 595 g/mol. The lowest BCUT2D eigenvalue weighted by Crippen LogP contribution is -1.85. The molecule has 0 unspecified atom stereocenters. The smallest absolute Gasteiger partial charge is 0.0122 e. The van der Waals surface area contributed by atoms with E-state index >= 15 is 0 Å². The lowest BCUT2D eigenvalue weighted by atomic mass is 10.0. The minimum Gasteiger partial charge on any atom is -0.0901 e.